The molecule has 1 fully saturated rings. The molecule has 0 saturated heterocycles. The predicted octanol–water partition coefficient (Wildman–Crippen LogP) is 1.78. The van der Waals surface area contributed by atoms with Gasteiger partial charge in [-0.05, 0) is 18.8 Å². The monoisotopic (exact) mass is 323 g/mol. The molecule has 23 heavy (non-hydrogen) atoms. The molecule has 1 saturated carbocycles. The normalized spacial score (nSPS) is 24.0. The molecule has 0 aromatic heterocycles. The van der Waals surface area contributed by atoms with E-state index >= 15 is 0 Å². The fraction of sp³-hybridized carbons (Fsp3) is 0.647. The summed E-state index contributed by atoms with van der Waals surface area (Å²) in [5.74, 6) is -4.39. The molecule has 2 unspecified atom stereocenters. The Labute approximate surface area is 136 Å². The van der Waals surface area contributed by atoms with E-state index in [1.54, 1.807) is 32.9 Å². The molecule has 0 aliphatic heterocycles. The van der Waals surface area contributed by atoms with E-state index in [0.717, 1.165) is 0 Å². The Hall–Kier alpha value is -1.82. The van der Waals surface area contributed by atoms with E-state index in [2.05, 4.69) is 5.48 Å². The number of hydrogen-bond acceptors (Lipinski definition) is 5. The van der Waals surface area contributed by atoms with Crippen LogP contribution in [0.2, 0.25) is 0 Å². The van der Waals surface area contributed by atoms with Crippen LogP contribution in [0.25, 0.3) is 0 Å². The van der Waals surface area contributed by atoms with E-state index in [0.29, 0.717) is 6.42 Å². The minimum absolute atomic E-state index is 0.0197. The Balaban J connectivity index is 2.93. The Bertz CT molecular complexity index is 521. The van der Waals surface area contributed by atoms with Gasteiger partial charge in [0, 0.05) is 12.8 Å². The quantitative estimate of drug-likeness (QED) is 0.334. The van der Waals surface area contributed by atoms with Gasteiger partial charge in [0.2, 0.25) is 0 Å². The van der Waals surface area contributed by atoms with Gasteiger partial charge in [-0.25, -0.2) is 5.48 Å². The molecule has 0 aromatic rings. The first-order chi connectivity index (χ1) is 10.8. The van der Waals surface area contributed by atoms with E-state index in [1.165, 1.54) is 0 Å². The topological polar surface area (TPSA) is 89.5 Å². The van der Waals surface area contributed by atoms with Crippen LogP contribution < -0.4 is 5.48 Å². The van der Waals surface area contributed by atoms with E-state index in [4.69, 9.17) is 4.84 Å². The Morgan fingerprint density at radius 2 is 2.00 bits per heavy atom. The van der Waals surface area contributed by atoms with Crippen molar-refractivity contribution in [3.63, 3.8) is 0 Å². The van der Waals surface area contributed by atoms with Gasteiger partial charge in [-0.1, -0.05) is 32.9 Å². The van der Waals surface area contributed by atoms with E-state index < -0.39 is 40.5 Å². The van der Waals surface area contributed by atoms with Crippen LogP contribution in [-0.2, 0) is 24.0 Å². The largest absolute Gasteiger partial charge is 0.298 e. The fourth-order valence-electron chi connectivity index (χ4n) is 2.89. The lowest BCUT2D eigenvalue weighted by molar-refractivity contribution is -0.157. The van der Waals surface area contributed by atoms with Gasteiger partial charge in [-0.3, -0.25) is 24.0 Å². The number of allylic oxidation sites excluding steroid dienone is 1. The third kappa shape index (κ3) is 4.58. The summed E-state index contributed by atoms with van der Waals surface area (Å²) < 4.78 is 0. The lowest BCUT2D eigenvalue weighted by Gasteiger charge is -2.38. The second kappa shape index (κ2) is 8.15. The highest BCUT2D eigenvalue weighted by Gasteiger charge is 2.53. The van der Waals surface area contributed by atoms with Crippen molar-refractivity contribution in [3.05, 3.63) is 12.2 Å². The van der Waals surface area contributed by atoms with Gasteiger partial charge >= 0.3 is 0 Å². The van der Waals surface area contributed by atoms with Gasteiger partial charge in [0.25, 0.3) is 5.91 Å². The molecule has 0 aromatic carbocycles. The number of nitrogens with one attached hydrogen (secondary N) is 1. The van der Waals surface area contributed by atoms with Crippen LogP contribution in [-0.4, -0.2) is 29.9 Å². The van der Waals surface area contributed by atoms with E-state index in [1.807, 2.05) is 6.92 Å². The third-order valence-electron chi connectivity index (χ3n) is 3.97. The maximum Gasteiger partial charge on any atom is 0.254 e. The van der Waals surface area contributed by atoms with Crippen molar-refractivity contribution in [2.75, 3.05) is 6.61 Å². The first kappa shape index (κ1) is 19.2. The van der Waals surface area contributed by atoms with Crippen LogP contribution in [0.4, 0.5) is 0 Å². The number of hydroxylamine groups is 1. The summed E-state index contributed by atoms with van der Waals surface area (Å²) in [5.41, 5.74) is 1.40. The first-order valence-electron chi connectivity index (χ1n) is 7.88. The zero-order valence-corrected chi connectivity index (χ0v) is 14.2. The smallest absolute Gasteiger partial charge is 0.254 e. The van der Waals surface area contributed by atoms with Gasteiger partial charge in [0.15, 0.2) is 17.3 Å². The zero-order valence-electron chi connectivity index (χ0n) is 14.2. The third-order valence-corrected chi connectivity index (χ3v) is 3.97. The average molecular weight is 323 g/mol. The molecule has 1 N–H and O–H groups in total. The molecular weight excluding hydrogens is 298 g/mol. The van der Waals surface area contributed by atoms with Gasteiger partial charge in [-0.2, -0.15) is 0 Å². The molecule has 1 rings (SSSR count). The SMILES string of the molecule is CC=CCONC(=O)C1C(=O)C(C(=O)CCC)C(=O)CC1(C)C. The molecule has 1 aliphatic carbocycles. The van der Waals surface area contributed by atoms with Crippen molar-refractivity contribution in [1.29, 1.82) is 0 Å². The van der Waals surface area contributed by atoms with Crippen molar-refractivity contribution < 1.29 is 24.0 Å². The Kier molecular flexibility index (Phi) is 6.81. The molecule has 6 nitrogen and oxygen atoms in total. The number of amides is 1. The molecule has 0 heterocycles. The number of Topliss-reactive ketones (excluding diaryl/α,β-unsaturated/α-hetero) is 3. The van der Waals surface area contributed by atoms with E-state index in [-0.39, 0.29) is 19.4 Å². The summed E-state index contributed by atoms with van der Waals surface area (Å²) in [6.45, 7) is 7.16. The van der Waals surface area contributed by atoms with Crippen LogP contribution in [0.3, 0.4) is 0 Å². The lowest BCUT2D eigenvalue weighted by Crippen LogP contribution is -2.54. The Morgan fingerprint density at radius 1 is 1.35 bits per heavy atom. The summed E-state index contributed by atoms with van der Waals surface area (Å²) in [5, 5.41) is 0. The van der Waals surface area contributed by atoms with Crippen LogP contribution in [0.15, 0.2) is 12.2 Å². The van der Waals surface area contributed by atoms with E-state index in [9.17, 15) is 19.2 Å². The van der Waals surface area contributed by atoms with Gasteiger partial charge in [0.05, 0.1) is 6.61 Å². The summed E-state index contributed by atoms with van der Waals surface area (Å²) in [7, 11) is 0. The van der Waals surface area contributed by atoms with Gasteiger partial charge in [-0.15, -0.1) is 0 Å². The molecule has 2 atom stereocenters. The highest BCUT2D eigenvalue weighted by molar-refractivity contribution is 6.25. The van der Waals surface area contributed by atoms with Crippen LogP contribution in [0.5, 0.6) is 0 Å². The lowest BCUT2D eigenvalue weighted by atomic mass is 9.62. The van der Waals surface area contributed by atoms with Crippen molar-refractivity contribution >= 4 is 23.3 Å². The second-order valence-electron chi connectivity index (χ2n) is 6.46. The molecule has 0 bridgehead atoms. The maximum absolute atomic E-state index is 12.6. The summed E-state index contributed by atoms with van der Waals surface area (Å²) >= 11 is 0. The standard InChI is InChI=1S/C17H25NO5/c1-5-7-9-23-18-16(22)14-15(21)13(11(19)8-6-2)12(20)10-17(14,3)4/h5,7,13-14H,6,8-10H2,1-4H3,(H,18,22). The molecule has 1 amide bonds. The average Bonchev–Trinajstić information content (AvgIpc) is 2.42. The van der Waals surface area contributed by atoms with Crippen LogP contribution >= 0.6 is 0 Å². The van der Waals surface area contributed by atoms with Crippen LogP contribution in [0, 0.1) is 17.3 Å². The minimum Gasteiger partial charge on any atom is -0.298 e. The van der Waals surface area contributed by atoms with Crippen molar-refractivity contribution in [2.45, 2.75) is 47.0 Å². The highest BCUT2D eigenvalue weighted by atomic mass is 16.6. The van der Waals surface area contributed by atoms with Gasteiger partial charge < -0.3 is 0 Å². The van der Waals surface area contributed by atoms with Crippen molar-refractivity contribution in [2.24, 2.45) is 17.3 Å². The first-order valence-corrected chi connectivity index (χ1v) is 7.88. The number of carbonyl (C=O) groups excluding carboxylic acids is 4. The maximum atomic E-state index is 12.6. The van der Waals surface area contributed by atoms with Crippen molar-refractivity contribution in [1.82, 2.24) is 5.48 Å². The summed E-state index contributed by atoms with van der Waals surface area (Å²) in [6, 6.07) is 0. The molecule has 6 heteroatoms. The summed E-state index contributed by atoms with van der Waals surface area (Å²) in [6.07, 6.45) is 4.20. The molecular formula is C17H25NO5. The zero-order chi connectivity index (χ0) is 17.6. The number of carbonyl (C=O) groups is 4. The Morgan fingerprint density at radius 3 is 2.57 bits per heavy atom. The summed E-state index contributed by atoms with van der Waals surface area (Å²) in [4.78, 5) is 54.2. The van der Waals surface area contributed by atoms with Crippen LogP contribution in [0.1, 0.15) is 47.0 Å². The fourth-order valence-corrected chi connectivity index (χ4v) is 2.89. The number of rotatable bonds is 7. The van der Waals surface area contributed by atoms with Gasteiger partial charge in [0.1, 0.15) is 11.8 Å². The molecule has 0 spiro atoms. The number of hydrogen-bond donors (Lipinski definition) is 1. The number of ketones is 3. The minimum atomic E-state index is -1.31. The van der Waals surface area contributed by atoms with Crippen molar-refractivity contribution in [3.8, 4) is 0 Å². The molecule has 1 aliphatic rings. The predicted molar refractivity (Wildman–Crippen MR) is 84.2 cm³/mol. The highest BCUT2D eigenvalue weighted by Crippen LogP contribution is 2.40. The second-order valence-corrected chi connectivity index (χ2v) is 6.46. The molecule has 0 radical (unpaired) electrons. The molecule has 128 valence electrons.